The van der Waals surface area contributed by atoms with Crippen molar-refractivity contribution >= 4 is 17.5 Å². The van der Waals surface area contributed by atoms with Crippen molar-refractivity contribution in [1.82, 2.24) is 4.90 Å². The second-order valence-electron chi connectivity index (χ2n) is 8.04. The topological polar surface area (TPSA) is 29.5 Å². The first kappa shape index (κ1) is 15.5. The molecule has 1 spiro atoms. The van der Waals surface area contributed by atoms with Crippen LogP contribution in [0.4, 0.5) is 0 Å². The number of amides is 1. The molecule has 2 saturated heterocycles. The lowest BCUT2D eigenvalue weighted by Crippen LogP contribution is -2.46. The van der Waals surface area contributed by atoms with Gasteiger partial charge in [-0.2, -0.15) is 0 Å². The van der Waals surface area contributed by atoms with Crippen molar-refractivity contribution in [3.05, 3.63) is 34.9 Å². The Bertz CT molecular complexity index is 635. The number of likely N-dealkylation sites (tertiary alicyclic amines) is 1. The first-order valence-electron chi connectivity index (χ1n) is 8.58. The highest BCUT2D eigenvalue weighted by Crippen LogP contribution is 2.53. The molecule has 3 fully saturated rings. The monoisotopic (exact) mass is 333 g/mol. The predicted molar refractivity (Wildman–Crippen MR) is 90.6 cm³/mol. The van der Waals surface area contributed by atoms with Gasteiger partial charge >= 0.3 is 0 Å². The van der Waals surface area contributed by atoms with E-state index in [9.17, 15) is 4.79 Å². The zero-order valence-electron chi connectivity index (χ0n) is 13.9. The Morgan fingerprint density at radius 2 is 1.83 bits per heavy atom. The van der Waals surface area contributed by atoms with Crippen molar-refractivity contribution in [2.24, 2.45) is 5.41 Å². The summed E-state index contributed by atoms with van der Waals surface area (Å²) in [6.45, 7) is 6.93. The largest absolute Gasteiger partial charge is 0.372 e. The Hall–Kier alpha value is -1.06. The minimum Gasteiger partial charge on any atom is -0.372 e. The Balaban J connectivity index is 1.55. The number of nitrogens with zero attached hydrogens (tertiary/aromatic N) is 1. The molecule has 1 aromatic carbocycles. The van der Waals surface area contributed by atoms with E-state index in [1.165, 1.54) is 0 Å². The molecule has 0 radical (unpaired) electrons. The number of halogens is 1. The third kappa shape index (κ3) is 2.24. The van der Waals surface area contributed by atoms with E-state index in [0.29, 0.717) is 0 Å². The van der Waals surface area contributed by atoms with Crippen molar-refractivity contribution < 1.29 is 9.53 Å². The Labute approximate surface area is 142 Å². The molecule has 1 aliphatic carbocycles. The van der Waals surface area contributed by atoms with Gasteiger partial charge in [-0.1, -0.05) is 37.6 Å². The zero-order valence-corrected chi connectivity index (χ0v) is 14.7. The van der Waals surface area contributed by atoms with Crippen LogP contribution in [-0.4, -0.2) is 36.1 Å². The normalized spacial score (nSPS) is 30.8. The summed E-state index contributed by atoms with van der Waals surface area (Å²) < 4.78 is 6.14. The number of hydrogen-bond donors (Lipinski definition) is 0. The van der Waals surface area contributed by atoms with Crippen molar-refractivity contribution in [3.63, 3.8) is 0 Å². The zero-order chi connectivity index (χ0) is 16.3. The molecule has 2 heterocycles. The van der Waals surface area contributed by atoms with Gasteiger partial charge in [-0.15, -0.1) is 0 Å². The van der Waals surface area contributed by atoms with Crippen molar-refractivity contribution in [2.75, 3.05) is 19.7 Å². The molecule has 1 unspecified atom stereocenters. The van der Waals surface area contributed by atoms with E-state index in [-0.39, 0.29) is 22.3 Å². The van der Waals surface area contributed by atoms with E-state index in [1.807, 2.05) is 24.3 Å². The van der Waals surface area contributed by atoms with E-state index >= 15 is 0 Å². The standard InChI is InChI=1S/C19H24ClNO2/c1-17(2)10-12-23-19(17)9-11-21(13-19)16(22)18(7-8-18)14-3-5-15(20)6-4-14/h3-6H,7-13H2,1-2H3. The number of carbonyl (C=O) groups is 1. The fourth-order valence-electron chi connectivity index (χ4n) is 4.37. The van der Waals surface area contributed by atoms with Crippen LogP contribution < -0.4 is 0 Å². The van der Waals surface area contributed by atoms with Crippen LogP contribution in [0.25, 0.3) is 0 Å². The van der Waals surface area contributed by atoms with Crippen LogP contribution in [0.5, 0.6) is 0 Å². The summed E-state index contributed by atoms with van der Waals surface area (Å²) in [4.78, 5) is 15.3. The number of ether oxygens (including phenoxy) is 1. The van der Waals surface area contributed by atoms with Gasteiger partial charge in [-0.05, 0) is 48.8 Å². The number of hydrogen-bond acceptors (Lipinski definition) is 2. The van der Waals surface area contributed by atoms with Crippen molar-refractivity contribution in [3.8, 4) is 0 Å². The first-order valence-corrected chi connectivity index (χ1v) is 8.96. The van der Waals surface area contributed by atoms with Gasteiger partial charge in [0.1, 0.15) is 0 Å². The number of carbonyl (C=O) groups excluding carboxylic acids is 1. The highest BCUT2D eigenvalue weighted by Gasteiger charge is 2.59. The molecular weight excluding hydrogens is 310 g/mol. The maximum absolute atomic E-state index is 13.2. The Kier molecular flexibility index (Phi) is 3.34. The number of benzene rings is 1. The summed E-state index contributed by atoms with van der Waals surface area (Å²) in [6, 6.07) is 7.79. The lowest BCUT2D eigenvalue weighted by Gasteiger charge is -2.36. The quantitative estimate of drug-likeness (QED) is 0.824. The minimum absolute atomic E-state index is 0.140. The summed E-state index contributed by atoms with van der Waals surface area (Å²) in [7, 11) is 0. The average Bonchev–Trinajstić information content (AvgIpc) is 3.12. The van der Waals surface area contributed by atoms with Crippen LogP contribution in [0.15, 0.2) is 24.3 Å². The maximum Gasteiger partial charge on any atom is 0.233 e. The highest BCUT2D eigenvalue weighted by atomic mass is 35.5. The second-order valence-corrected chi connectivity index (χ2v) is 8.48. The average molecular weight is 334 g/mol. The third-order valence-corrected chi connectivity index (χ3v) is 6.67. The van der Waals surface area contributed by atoms with Crippen molar-refractivity contribution in [1.29, 1.82) is 0 Å². The molecule has 3 nitrogen and oxygen atoms in total. The molecule has 23 heavy (non-hydrogen) atoms. The lowest BCUT2D eigenvalue weighted by atomic mass is 9.74. The third-order valence-electron chi connectivity index (χ3n) is 6.41. The summed E-state index contributed by atoms with van der Waals surface area (Å²) in [5.74, 6) is 0.281. The molecule has 2 aliphatic heterocycles. The van der Waals surface area contributed by atoms with Gasteiger partial charge in [0.25, 0.3) is 0 Å². The van der Waals surface area contributed by atoms with E-state index in [0.717, 1.165) is 56.0 Å². The van der Waals surface area contributed by atoms with Crippen molar-refractivity contribution in [2.45, 2.75) is 50.5 Å². The smallest absolute Gasteiger partial charge is 0.233 e. The van der Waals surface area contributed by atoms with Gasteiger partial charge in [0.05, 0.1) is 17.6 Å². The number of rotatable bonds is 2. The molecule has 4 rings (SSSR count). The fraction of sp³-hybridized carbons (Fsp3) is 0.632. The molecule has 1 aromatic rings. The van der Waals surface area contributed by atoms with E-state index in [4.69, 9.17) is 16.3 Å². The Morgan fingerprint density at radius 3 is 2.39 bits per heavy atom. The molecule has 0 N–H and O–H groups in total. The molecule has 0 aromatic heterocycles. The highest BCUT2D eigenvalue weighted by molar-refractivity contribution is 6.30. The van der Waals surface area contributed by atoms with E-state index in [1.54, 1.807) is 0 Å². The van der Waals surface area contributed by atoms with Gasteiger partial charge in [0.15, 0.2) is 0 Å². The molecule has 1 atom stereocenters. The molecule has 1 amide bonds. The molecule has 3 aliphatic rings. The van der Waals surface area contributed by atoms with Gasteiger partial charge in [-0.3, -0.25) is 4.79 Å². The van der Waals surface area contributed by atoms with E-state index in [2.05, 4.69) is 18.7 Å². The molecule has 124 valence electrons. The van der Waals surface area contributed by atoms with Crippen LogP contribution in [0.1, 0.15) is 45.1 Å². The summed E-state index contributed by atoms with van der Waals surface area (Å²) >= 11 is 5.99. The van der Waals surface area contributed by atoms with E-state index < -0.39 is 0 Å². The first-order chi connectivity index (χ1) is 10.9. The van der Waals surface area contributed by atoms with Crippen LogP contribution in [0.3, 0.4) is 0 Å². The van der Waals surface area contributed by atoms with Crippen LogP contribution in [-0.2, 0) is 14.9 Å². The SMILES string of the molecule is CC1(C)CCOC12CCN(C(=O)C1(c3ccc(Cl)cc3)CC1)C2. The van der Waals surface area contributed by atoms with Crippen LogP contribution >= 0.6 is 11.6 Å². The maximum atomic E-state index is 13.2. The summed E-state index contributed by atoms with van der Waals surface area (Å²) in [5, 5.41) is 0.721. The molecule has 1 saturated carbocycles. The second kappa shape index (κ2) is 4.97. The predicted octanol–water partition coefficient (Wildman–Crippen LogP) is 3.79. The van der Waals surface area contributed by atoms with Crippen LogP contribution in [0, 0.1) is 5.41 Å². The molecule has 4 heteroatoms. The van der Waals surface area contributed by atoms with Crippen LogP contribution in [0.2, 0.25) is 5.02 Å². The summed E-state index contributed by atoms with van der Waals surface area (Å²) in [5.41, 5.74) is 0.816. The fourth-order valence-corrected chi connectivity index (χ4v) is 4.50. The molecule has 0 bridgehead atoms. The lowest BCUT2D eigenvalue weighted by molar-refractivity contribution is -0.134. The van der Waals surface area contributed by atoms with Gasteiger partial charge < -0.3 is 9.64 Å². The molecular formula is C19H24ClNO2. The van der Waals surface area contributed by atoms with Gasteiger partial charge in [0, 0.05) is 18.2 Å². The summed E-state index contributed by atoms with van der Waals surface area (Å²) in [6.07, 6.45) is 3.93. The Morgan fingerprint density at radius 1 is 1.13 bits per heavy atom. The van der Waals surface area contributed by atoms with Gasteiger partial charge in [-0.25, -0.2) is 0 Å². The van der Waals surface area contributed by atoms with Gasteiger partial charge in [0.2, 0.25) is 5.91 Å². The minimum atomic E-state index is -0.307.